The topological polar surface area (TPSA) is 94.5 Å². The highest BCUT2D eigenvalue weighted by Gasteiger charge is 2.17. The minimum atomic E-state index is -0.441. The van der Waals surface area contributed by atoms with Crippen LogP contribution in [0.4, 0.5) is 0 Å². The minimum Gasteiger partial charge on any atom is -0.493 e. The Hall–Kier alpha value is -4.37. The fraction of sp³-hybridized carbons (Fsp3) is 0.148. The fourth-order valence-corrected chi connectivity index (χ4v) is 4.30. The second-order valence-corrected chi connectivity index (χ2v) is 8.73. The first-order valence-corrected chi connectivity index (χ1v) is 12.0. The van der Waals surface area contributed by atoms with Gasteiger partial charge in [0.15, 0.2) is 11.5 Å². The highest BCUT2D eigenvalue weighted by molar-refractivity contribution is 7.10. The number of para-hydroxylation sites is 1. The maximum Gasteiger partial charge on any atom is 0.268 e. The summed E-state index contributed by atoms with van der Waals surface area (Å²) in [7, 11) is 3.02. The summed E-state index contributed by atoms with van der Waals surface area (Å²) in [6, 6.07) is 16.3. The maximum atomic E-state index is 13.2. The lowest BCUT2D eigenvalue weighted by Gasteiger charge is -2.15. The molecule has 0 aliphatic heterocycles. The minimum absolute atomic E-state index is 0.133. The molecule has 2 N–H and O–H groups in total. The van der Waals surface area contributed by atoms with Gasteiger partial charge in [0.2, 0.25) is 0 Å². The maximum absolute atomic E-state index is 13.2. The number of amides is 2. The highest BCUT2D eigenvalue weighted by atomic mass is 32.1. The summed E-state index contributed by atoms with van der Waals surface area (Å²) >= 11 is 1.46. The quantitative estimate of drug-likeness (QED) is 0.332. The monoisotopic (exact) mass is 502 g/mol. The number of carbonyl (C=O) groups excluding carboxylic acids is 2. The van der Waals surface area contributed by atoms with Gasteiger partial charge in [0.25, 0.3) is 11.8 Å². The number of rotatable bonds is 9. The van der Waals surface area contributed by atoms with E-state index in [9.17, 15) is 9.59 Å². The molecule has 2 heterocycles. The summed E-state index contributed by atoms with van der Waals surface area (Å²) in [5.41, 5.74) is 2.30. The normalized spacial score (nSPS) is 11.1. The molecule has 0 spiro atoms. The lowest BCUT2D eigenvalue weighted by molar-refractivity contribution is -0.117. The van der Waals surface area contributed by atoms with Crippen LogP contribution in [0.1, 0.15) is 26.6 Å². The van der Waals surface area contributed by atoms with Crippen LogP contribution in [-0.4, -0.2) is 35.6 Å². The zero-order valence-electron chi connectivity index (χ0n) is 20.1. The Balaban J connectivity index is 1.55. The summed E-state index contributed by atoms with van der Waals surface area (Å²) in [5.74, 6) is 0.921. The highest BCUT2D eigenvalue weighted by Crippen LogP contribution is 2.27. The molecule has 0 fully saturated rings. The molecule has 36 heavy (non-hydrogen) atoms. The molecule has 2 aromatic carbocycles. The average Bonchev–Trinajstić information content (AvgIpc) is 3.58. The molecule has 4 aromatic rings. The standard InChI is InChI=1S/C27H26N4O4S/c1-18-28-12-13-31(18)23-9-5-4-7-20(23)17-29-27(33)22(16-21-8-6-14-36-21)30-26(32)19-10-11-24(34-2)25(15-19)35-3/h4-16H,17H2,1-3H3,(H,29,33)(H,30,32)/b22-16-. The Morgan fingerprint density at radius 1 is 1.06 bits per heavy atom. The average molecular weight is 503 g/mol. The van der Waals surface area contributed by atoms with Crippen LogP contribution < -0.4 is 20.1 Å². The molecule has 0 aliphatic rings. The van der Waals surface area contributed by atoms with E-state index in [4.69, 9.17) is 9.47 Å². The van der Waals surface area contributed by atoms with Crippen molar-refractivity contribution in [3.05, 3.63) is 99.9 Å². The molecular weight excluding hydrogens is 476 g/mol. The second kappa shape index (κ2) is 11.4. The molecule has 4 rings (SSSR count). The number of hydrogen-bond acceptors (Lipinski definition) is 6. The molecule has 184 valence electrons. The number of thiophene rings is 1. The van der Waals surface area contributed by atoms with Crippen molar-refractivity contribution in [2.75, 3.05) is 14.2 Å². The Kier molecular flexibility index (Phi) is 7.82. The molecule has 0 bridgehead atoms. The van der Waals surface area contributed by atoms with E-state index < -0.39 is 11.8 Å². The zero-order valence-corrected chi connectivity index (χ0v) is 21.0. The van der Waals surface area contributed by atoms with Gasteiger partial charge in [0, 0.05) is 29.4 Å². The molecule has 2 amide bonds. The summed E-state index contributed by atoms with van der Waals surface area (Å²) in [6.07, 6.45) is 5.27. The lowest BCUT2D eigenvalue weighted by Crippen LogP contribution is -2.34. The number of benzene rings is 2. The van der Waals surface area contributed by atoms with Crippen molar-refractivity contribution in [1.82, 2.24) is 20.2 Å². The number of methoxy groups -OCH3 is 2. The van der Waals surface area contributed by atoms with Gasteiger partial charge in [-0.15, -0.1) is 11.3 Å². The lowest BCUT2D eigenvalue weighted by atomic mass is 10.1. The van der Waals surface area contributed by atoms with Crippen LogP contribution >= 0.6 is 11.3 Å². The predicted octanol–water partition coefficient (Wildman–Crippen LogP) is 4.35. The van der Waals surface area contributed by atoms with Crippen molar-refractivity contribution in [1.29, 1.82) is 0 Å². The molecule has 0 saturated carbocycles. The molecule has 0 unspecified atom stereocenters. The number of carbonyl (C=O) groups is 2. The molecule has 2 aromatic heterocycles. The number of hydrogen-bond donors (Lipinski definition) is 2. The van der Waals surface area contributed by atoms with E-state index in [2.05, 4.69) is 15.6 Å². The van der Waals surface area contributed by atoms with E-state index in [1.54, 1.807) is 30.5 Å². The van der Waals surface area contributed by atoms with E-state index >= 15 is 0 Å². The molecule has 8 nitrogen and oxygen atoms in total. The van der Waals surface area contributed by atoms with Crippen LogP contribution in [0.3, 0.4) is 0 Å². The van der Waals surface area contributed by atoms with Crippen LogP contribution in [-0.2, 0) is 11.3 Å². The number of aryl methyl sites for hydroxylation is 1. The van der Waals surface area contributed by atoms with Crippen LogP contribution in [0, 0.1) is 6.92 Å². The molecule has 0 saturated heterocycles. The van der Waals surface area contributed by atoms with Crippen molar-refractivity contribution >= 4 is 29.2 Å². The SMILES string of the molecule is COc1ccc(C(=O)N/C(=C\c2cccs2)C(=O)NCc2ccccc2-n2ccnc2C)cc1OC. The smallest absolute Gasteiger partial charge is 0.268 e. The Labute approximate surface area is 213 Å². The van der Waals surface area contributed by atoms with Gasteiger partial charge in [-0.1, -0.05) is 24.3 Å². The van der Waals surface area contributed by atoms with Gasteiger partial charge < -0.3 is 24.7 Å². The predicted molar refractivity (Wildman–Crippen MR) is 139 cm³/mol. The summed E-state index contributed by atoms with van der Waals surface area (Å²) < 4.78 is 12.5. The van der Waals surface area contributed by atoms with Crippen LogP contribution in [0.2, 0.25) is 0 Å². The Bertz CT molecular complexity index is 1390. The molecule has 0 atom stereocenters. The number of ether oxygens (including phenoxy) is 2. The second-order valence-electron chi connectivity index (χ2n) is 7.75. The van der Waals surface area contributed by atoms with Gasteiger partial charge in [-0.25, -0.2) is 4.98 Å². The molecule has 0 radical (unpaired) electrons. The van der Waals surface area contributed by atoms with E-state index in [1.165, 1.54) is 25.6 Å². The van der Waals surface area contributed by atoms with Crippen LogP contribution in [0.25, 0.3) is 11.8 Å². The van der Waals surface area contributed by atoms with Crippen molar-refractivity contribution in [2.24, 2.45) is 0 Å². The van der Waals surface area contributed by atoms with Crippen molar-refractivity contribution < 1.29 is 19.1 Å². The van der Waals surface area contributed by atoms with Gasteiger partial charge in [-0.3, -0.25) is 9.59 Å². The molecule has 0 aliphatic carbocycles. The summed E-state index contributed by atoms with van der Waals surface area (Å²) in [4.78, 5) is 31.4. The number of nitrogens with zero attached hydrogens (tertiary/aromatic N) is 2. The molecule has 9 heteroatoms. The third-order valence-corrected chi connectivity index (χ3v) is 6.30. The van der Waals surface area contributed by atoms with Crippen LogP contribution in [0.15, 0.2) is 78.1 Å². The van der Waals surface area contributed by atoms with Gasteiger partial charge in [0.05, 0.1) is 19.9 Å². The third-order valence-electron chi connectivity index (χ3n) is 5.48. The van der Waals surface area contributed by atoms with Crippen molar-refractivity contribution in [2.45, 2.75) is 13.5 Å². The zero-order chi connectivity index (χ0) is 25.5. The van der Waals surface area contributed by atoms with Crippen LogP contribution in [0.5, 0.6) is 11.5 Å². The van der Waals surface area contributed by atoms with E-state index in [-0.39, 0.29) is 12.2 Å². The van der Waals surface area contributed by atoms with E-state index in [1.807, 2.05) is 59.5 Å². The first-order chi connectivity index (χ1) is 17.5. The largest absolute Gasteiger partial charge is 0.493 e. The number of nitrogens with one attached hydrogen (secondary N) is 2. The summed E-state index contributed by atoms with van der Waals surface area (Å²) in [6.45, 7) is 2.18. The molecular formula is C27H26N4O4S. The van der Waals surface area contributed by atoms with Gasteiger partial charge in [-0.2, -0.15) is 0 Å². The van der Waals surface area contributed by atoms with E-state index in [0.29, 0.717) is 17.1 Å². The van der Waals surface area contributed by atoms with Gasteiger partial charge in [0.1, 0.15) is 11.5 Å². The Morgan fingerprint density at radius 3 is 2.56 bits per heavy atom. The third kappa shape index (κ3) is 5.64. The number of imidazole rings is 1. The number of aromatic nitrogens is 2. The van der Waals surface area contributed by atoms with Crippen molar-refractivity contribution in [3.63, 3.8) is 0 Å². The summed E-state index contributed by atoms with van der Waals surface area (Å²) in [5, 5.41) is 7.59. The van der Waals surface area contributed by atoms with Gasteiger partial charge in [-0.05, 0) is 54.3 Å². The van der Waals surface area contributed by atoms with Crippen molar-refractivity contribution in [3.8, 4) is 17.2 Å². The fourth-order valence-electron chi connectivity index (χ4n) is 3.64. The first kappa shape index (κ1) is 24.7. The van der Waals surface area contributed by atoms with E-state index in [0.717, 1.165) is 22.0 Å². The first-order valence-electron chi connectivity index (χ1n) is 11.1. The Morgan fingerprint density at radius 2 is 1.86 bits per heavy atom. The van der Waals surface area contributed by atoms with Gasteiger partial charge >= 0.3 is 0 Å².